The molecule has 142 valence electrons. The number of nitrogens with one attached hydrogen (secondary N) is 1. The van der Waals surface area contributed by atoms with Gasteiger partial charge >= 0.3 is 0 Å². The van der Waals surface area contributed by atoms with Gasteiger partial charge in [-0.3, -0.25) is 4.79 Å². The van der Waals surface area contributed by atoms with Crippen molar-refractivity contribution >= 4 is 22.9 Å². The molecule has 4 aromatic heterocycles. The normalized spacial score (nSPS) is 11.0. The molecule has 0 saturated heterocycles. The molecular weight excluding hydrogens is 386 g/mol. The van der Waals surface area contributed by atoms with Gasteiger partial charge in [0.2, 0.25) is 0 Å². The molecule has 8 nitrogen and oxygen atoms in total. The Hall–Kier alpha value is -3.85. The molecule has 0 spiro atoms. The first-order valence-corrected chi connectivity index (χ1v) is 9.79. The molecular formula is C20H15N7OS. The fourth-order valence-electron chi connectivity index (χ4n) is 2.97. The highest BCUT2D eigenvalue weighted by Crippen LogP contribution is 2.22. The summed E-state index contributed by atoms with van der Waals surface area (Å²) in [6.45, 7) is 0.215. The van der Waals surface area contributed by atoms with E-state index in [1.54, 1.807) is 38.9 Å². The maximum absolute atomic E-state index is 12.6. The third kappa shape index (κ3) is 3.39. The summed E-state index contributed by atoms with van der Waals surface area (Å²) in [6, 6.07) is 16.9. The molecule has 0 bridgehead atoms. The van der Waals surface area contributed by atoms with Gasteiger partial charge in [-0.1, -0.05) is 12.1 Å². The van der Waals surface area contributed by atoms with E-state index in [0.29, 0.717) is 17.0 Å². The highest BCUT2D eigenvalue weighted by Gasteiger charge is 2.12. The largest absolute Gasteiger partial charge is 0.345 e. The van der Waals surface area contributed by atoms with Gasteiger partial charge < -0.3 is 5.32 Å². The second kappa shape index (κ2) is 7.28. The summed E-state index contributed by atoms with van der Waals surface area (Å²) in [5.41, 5.74) is 2.83. The predicted molar refractivity (Wildman–Crippen MR) is 109 cm³/mol. The van der Waals surface area contributed by atoms with Gasteiger partial charge in [0.15, 0.2) is 11.5 Å². The number of amides is 1. The highest BCUT2D eigenvalue weighted by atomic mass is 32.1. The van der Waals surface area contributed by atoms with Crippen molar-refractivity contribution in [2.75, 3.05) is 0 Å². The molecule has 0 saturated carbocycles. The summed E-state index contributed by atoms with van der Waals surface area (Å²) < 4.78 is 3.37. The molecule has 0 aliphatic heterocycles. The Balaban J connectivity index is 1.36. The van der Waals surface area contributed by atoms with E-state index in [2.05, 4.69) is 25.7 Å². The van der Waals surface area contributed by atoms with E-state index in [-0.39, 0.29) is 12.5 Å². The Labute approximate surface area is 169 Å². The minimum atomic E-state index is -0.204. The summed E-state index contributed by atoms with van der Waals surface area (Å²) in [4.78, 5) is 13.7. The molecule has 29 heavy (non-hydrogen) atoms. The Morgan fingerprint density at radius 3 is 2.86 bits per heavy atom. The minimum Gasteiger partial charge on any atom is -0.345 e. The first kappa shape index (κ1) is 17.3. The maximum Gasteiger partial charge on any atom is 0.251 e. The van der Waals surface area contributed by atoms with Crippen LogP contribution in [0.25, 0.3) is 21.9 Å². The fourth-order valence-corrected chi connectivity index (χ4v) is 3.66. The molecule has 0 radical (unpaired) electrons. The van der Waals surface area contributed by atoms with Crippen molar-refractivity contribution in [2.45, 2.75) is 6.54 Å². The van der Waals surface area contributed by atoms with Crippen molar-refractivity contribution in [3.63, 3.8) is 0 Å². The van der Waals surface area contributed by atoms with E-state index in [1.807, 2.05) is 54.0 Å². The van der Waals surface area contributed by atoms with Crippen LogP contribution >= 0.6 is 11.3 Å². The van der Waals surface area contributed by atoms with E-state index in [1.165, 1.54) is 0 Å². The zero-order valence-electron chi connectivity index (χ0n) is 15.1. The number of aromatic nitrogens is 6. The van der Waals surface area contributed by atoms with Gasteiger partial charge in [-0.25, -0.2) is 4.68 Å². The van der Waals surface area contributed by atoms with Crippen LogP contribution in [0.5, 0.6) is 0 Å². The number of thiophene rings is 1. The van der Waals surface area contributed by atoms with Crippen molar-refractivity contribution in [1.29, 1.82) is 0 Å². The predicted octanol–water partition coefficient (Wildman–Crippen LogP) is 2.97. The number of hydrogen-bond donors (Lipinski definition) is 1. The Morgan fingerprint density at radius 2 is 2.03 bits per heavy atom. The van der Waals surface area contributed by atoms with Crippen molar-refractivity contribution in [2.24, 2.45) is 0 Å². The van der Waals surface area contributed by atoms with Crippen LogP contribution in [0.1, 0.15) is 16.2 Å². The zero-order valence-corrected chi connectivity index (χ0v) is 16.0. The van der Waals surface area contributed by atoms with Crippen LogP contribution in [0.2, 0.25) is 0 Å². The van der Waals surface area contributed by atoms with Crippen LogP contribution in [0, 0.1) is 0 Å². The van der Waals surface area contributed by atoms with Crippen molar-refractivity contribution < 1.29 is 4.79 Å². The second-order valence-electron chi connectivity index (χ2n) is 6.27. The molecule has 9 heteroatoms. The Kier molecular flexibility index (Phi) is 4.34. The third-order valence-electron chi connectivity index (χ3n) is 4.39. The average Bonchev–Trinajstić information content (AvgIpc) is 3.53. The summed E-state index contributed by atoms with van der Waals surface area (Å²) in [5, 5.41) is 22.0. The van der Waals surface area contributed by atoms with E-state index in [4.69, 9.17) is 0 Å². The lowest BCUT2D eigenvalue weighted by atomic mass is 10.2. The SMILES string of the molecule is O=C(NCc1nnc2ccc(-c3cccs3)nn12)c1cccc(-n2cccn2)c1. The molecule has 5 rings (SSSR count). The van der Waals surface area contributed by atoms with Gasteiger partial charge in [-0.05, 0) is 47.8 Å². The fraction of sp³-hybridized carbons (Fsp3) is 0.0500. The lowest BCUT2D eigenvalue weighted by Gasteiger charge is -2.07. The monoisotopic (exact) mass is 401 g/mol. The zero-order chi connectivity index (χ0) is 19.6. The summed E-state index contributed by atoms with van der Waals surface area (Å²) in [5.74, 6) is 0.361. The van der Waals surface area contributed by atoms with Crippen LogP contribution in [-0.4, -0.2) is 35.5 Å². The molecule has 5 aromatic rings. The third-order valence-corrected chi connectivity index (χ3v) is 5.28. The molecule has 1 aromatic carbocycles. The smallest absolute Gasteiger partial charge is 0.251 e. The van der Waals surface area contributed by atoms with E-state index < -0.39 is 0 Å². The van der Waals surface area contributed by atoms with E-state index >= 15 is 0 Å². The first-order valence-electron chi connectivity index (χ1n) is 8.91. The van der Waals surface area contributed by atoms with Gasteiger partial charge in [-0.15, -0.1) is 21.5 Å². The van der Waals surface area contributed by atoms with E-state index in [9.17, 15) is 4.79 Å². The molecule has 1 N–H and O–H groups in total. The summed E-state index contributed by atoms with van der Waals surface area (Å²) in [6.07, 6.45) is 3.52. The summed E-state index contributed by atoms with van der Waals surface area (Å²) >= 11 is 1.62. The van der Waals surface area contributed by atoms with Crippen LogP contribution in [-0.2, 0) is 6.54 Å². The lowest BCUT2D eigenvalue weighted by molar-refractivity contribution is 0.0949. The molecule has 4 heterocycles. The van der Waals surface area contributed by atoms with Gasteiger partial charge in [-0.2, -0.15) is 14.7 Å². The molecule has 0 fully saturated rings. The number of hydrogen-bond acceptors (Lipinski definition) is 6. The van der Waals surface area contributed by atoms with Crippen molar-refractivity contribution in [3.8, 4) is 16.3 Å². The molecule has 0 aliphatic rings. The topological polar surface area (TPSA) is 90.0 Å². The number of benzene rings is 1. The highest BCUT2D eigenvalue weighted by molar-refractivity contribution is 7.13. The molecule has 0 unspecified atom stereocenters. The van der Waals surface area contributed by atoms with Crippen LogP contribution in [0.15, 0.2) is 72.4 Å². The minimum absolute atomic E-state index is 0.204. The lowest BCUT2D eigenvalue weighted by Crippen LogP contribution is -2.24. The van der Waals surface area contributed by atoms with Crippen molar-refractivity contribution in [1.82, 2.24) is 34.9 Å². The maximum atomic E-state index is 12.6. The number of carbonyl (C=O) groups excluding carboxylic acids is 1. The molecule has 1 amide bonds. The standard InChI is InChI=1S/C20H15N7OS/c28-20(14-4-1-5-15(12-14)26-10-3-9-22-26)21-13-19-24-23-18-8-7-16(25-27(18)19)17-6-2-11-29-17/h1-12H,13H2,(H,21,28). The quantitative estimate of drug-likeness (QED) is 0.489. The van der Waals surface area contributed by atoms with E-state index in [0.717, 1.165) is 16.3 Å². The van der Waals surface area contributed by atoms with Gasteiger partial charge in [0.25, 0.3) is 5.91 Å². The number of carbonyl (C=O) groups is 1. The molecule has 0 atom stereocenters. The Bertz CT molecular complexity index is 1280. The Morgan fingerprint density at radius 1 is 1.07 bits per heavy atom. The van der Waals surface area contributed by atoms with Crippen LogP contribution in [0.4, 0.5) is 0 Å². The number of rotatable bonds is 5. The average molecular weight is 401 g/mol. The van der Waals surface area contributed by atoms with Crippen molar-refractivity contribution in [3.05, 3.63) is 83.8 Å². The second-order valence-corrected chi connectivity index (χ2v) is 7.21. The van der Waals surface area contributed by atoms with Gasteiger partial charge in [0.05, 0.1) is 17.1 Å². The van der Waals surface area contributed by atoms with Crippen LogP contribution in [0.3, 0.4) is 0 Å². The number of fused-ring (bicyclic) bond motifs is 1. The van der Waals surface area contributed by atoms with Gasteiger partial charge in [0.1, 0.15) is 5.69 Å². The molecule has 0 aliphatic carbocycles. The van der Waals surface area contributed by atoms with Gasteiger partial charge in [0, 0.05) is 18.0 Å². The first-order chi connectivity index (χ1) is 14.3. The van der Waals surface area contributed by atoms with Crippen LogP contribution < -0.4 is 5.32 Å². The number of nitrogens with zero attached hydrogens (tertiary/aromatic N) is 6. The summed E-state index contributed by atoms with van der Waals surface area (Å²) in [7, 11) is 0.